The maximum Gasteiger partial charge on any atom is 0.231 e. The predicted molar refractivity (Wildman–Crippen MR) is 102 cm³/mol. The lowest BCUT2D eigenvalue weighted by Gasteiger charge is -2.21. The van der Waals surface area contributed by atoms with E-state index >= 15 is 0 Å². The third-order valence-corrected chi connectivity index (χ3v) is 5.97. The Hall–Kier alpha value is -2.24. The standard InChI is InChI=1S/C21H28N2O4/c24-20(9-6-15-4-2-1-3-5-15)22-12-16-10-21(25)23(13-16)17-7-8-18-19(11-17)27-14-26-18/h7-8,11,15-16H,1-6,9-10,12-14H2,(H,22,24). The van der Waals surface area contributed by atoms with Crippen molar-refractivity contribution in [3.8, 4) is 11.5 Å². The third kappa shape index (κ3) is 4.37. The van der Waals surface area contributed by atoms with Crippen LogP contribution in [0.1, 0.15) is 51.4 Å². The Morgan fingerprint density at radius 3 is 2.78 bits per heavy atom. The van der Waals surface area contributed by atoms with E-state index in [2.05, 4.69) is 5.32 Å². The van der Waals surface area contributed by atoms with Crippen LogP contribution in [-0.2, 0) is 9.59 Å². The van der Waals surface area contributed by atoms with Gasteiger partial charge in [0.05, 0.1) is 0 Å². The number of fused-ring (bicyclic) bond motifs is 1. The van der Waals surface area contributed by atoms with Crippen molar-refractivity contribution in [2.45, 2.75) is 51.4 Å². The number of carbonyl (C=O) groups excluding carboxylic acids is 2. The molecule has 1 N–H and O–H groups in total. The first kappa shape index (κ1) is 18.1. The molecule has 0 radical (unpaired) electrons. The zero-order chi connectivity index (χ0) is 18.6. The van der Waals surface area contributed by atoms with Crippen molar-refractivity contribution in [1.82, 2.24) is 5.32 Å². The van der Waals surface area contributed by atoms with Gasteiger partial charge in [-0.1, -0.05) is 32.1 Å². The predicted octanol–water partition coefficient (Wildman–Crippen LogP) is 3.24. The van der Waals surface area contributed by atoms with Crippen LogP contribution in [0.3, 0.4) is 0 Å². The number of nitrogens with zero attached hydrogens (tertiary/aromatic N) is 1. The van der Waals surface area contributed by atoms with Crippen LogP contribution < -0.4 is 19.7 Å². The maximum atomic E-state index is 12.4. The molecular formula is C21H28N2O4. The van der Waals surface area contributed by atoms with Gasteiger partial charge >= 0.3 is 0 Å². The van der Waals surface area contributed by atoms with E-state index in [1.54, 1.807) is 4.90 Å². The number of carbonyl (C=O) groups is 2. The van der Waals surface area contributed by atoms with E-state index in [9.17, 15) is 9.59 Å². The molecule has 1 aliphatic carbocycles. The first-order valence-electron chi connectivity index (χ1n) is 10.2. The van der Waals surface area contributed by atoms with Crippen LogP contribution in [-0.4, -0.2) is 31.7 Å². The lowest BCUT2D eigenvalue weighted by Crippen LogP contribution is -2.31. The molecule has 1 saturated carbocycles. The van der Waals surface area contributed by atoms with Crippen LogP contribution in [0.25, 0.3) is 0 Å². The average molecular weight is 372 g/mol. The fourth-order valence-corrected chi connectivity index (χ4v) is 4.38. The Kier molecular flexibility index (Phi) is 5.50. The van der Waals surface area contributed by atoms with Crippen LogP contribution in [0.15, 0.2) is 18.2 Å². The number of rotatable bonds is 6. The normalized spacial score (nSPS) is 22.3. The van der Waals surface area contributed by atoms with Gasteiger partial charge in [-0.3, -0.25) is 9.59 Å². The Bertz CT molecular complexity index is 699. The summed E-state index contributed by atoms with van der Waals surface area (Å²) in [5, 5.41) is 3.04. The highest BCUT2D eigenvalue weighted by molar-refractivity contribution is 5.96. The van der Waals surface area contributed by atoms with Gasteiger partial charge in [0.15, 0.2) is 11.5 Å². The van der Waals surface area contributed by atoms with Crippen molar-refractivity contribution < 1.29 is 19.1 Å². The summed E-state index contributed by atoms with van der Waals surface area (Å²) in [6.07, 6.45) is 8.59. The summed E-state index contributed by atoms with van der Waals surface area (Å²) in [6.45, 7) is 1.42. The molecule has 6 heteroatoms. The van der Waals surface area contributed by atoms with Crippen molar-refractivity contribution in [1.29, 1.82) is 0 Å². The summed E-state index contributed by atoms with van der Waals surface area (Å²) in [6, 6.07) is 5.58. The Morgan fingerprint density at radius 1 is 1.11 bits per heavy atom. The molecule has 2 amide bonds. The van der Waals surface area contributed by atoms with Gasteiger partial charge < -0.3 is 19.7 Å². The molecule has 0 bridgehead atoms. The maximum absolute atomic E-state index is 12.4. The van der Waals surface area contributed by atoms with E-state index in [4.69, 9.17) is 9.47 Å². The Morgan fingerprint density at radius 2 is 1.93 bits per heavy atom. The fourth-order valence-electron chi connectivity index (χ4n) is 4.38. The van der Waals surface area contributed by atoms with Gasteiger partial charge in [0.1, 0.15) is 0 Å². The fraction of sp³-hybridized carbons (Fsp3) is 0.619. The number of amides is 2. The monoisotopic (exact) mass is 372 g/mol. The molecule has 27 heavy (non-hydrogen) atoms. The molecule has 2 heterocycles. The lowest BCUT2D eigenvalue weighted by molar-refractivity contribution is -0.122. The summed E-state index contributed by atoms with van der Waals surface area (Å²) in [7, 11) is 0. The minimum absolute atomic E-state index is 0.0929. The van der Waals surface area contributed by atoms with Crippen molar-refractivity contribution >= 4 is 17.5 Å². The molecule has 1 saturated heterocycles. The number of benzene rings is 1. The SMILES string of the molecule is O=C(CCC1CCCCC1)NCC1CC(=O)N(c2ccc3c(c2)OCO3)C1. The van der Waals surface area contributed by atoms with Crippen LogP contribution >= 0.6 is 0 Å². The second-order valence-electron chi connectivity index (χ2n) is 7.96. The van der Waals surface area contributed by atoms with Crippen LogP contribution in [0.2, 0.25) is 0 Å². The molecule has 4 rings (SSSR count). The molecule has 1 aromatic rings. The zero-order valence-electron chi connectivity index (χ0n) is 15.7. The molecule has 0 spiro atoms. The minimum Gasteiger partial charge on any atom is -0.454 e. The first-order chi connectivity index (χ1) is 13.2. The van der Waals surface area contributed by atoms with Crippen molar-refractivity contribution in [3.05, 3.63) is 18.2 Å². The Labute approximate surface area is 160 Å². The van der Waals surface area contributed by atoms with Gasteiger partial charge in [-0.05, 0) is 24.5 Å². The molecule has 146 valence electrons. The van der Waals surface area contributed by atoms with Crippen LogP contribution in [0.4, 0.5) is 5.69 Å². The van der Waals surface area contributed by atoms with Crippen molar-refractivity contribution in [2.75, 3.05) is 24.8 Å². The van der Waals surface area contributed by atoms with E-state index in [0.717, 1.165) is 18.0 Å². The summed E-state index contributed by atoms with van der Waals surface area (Å²) in [5.74, 6) is 2.48. The molecular weight excluding hydrogens is 344 g/mol. The van der Waals surface area contributed by atoms with Gasteiger partial charge in [-0.15, -0.1) is 0 Å². The summed E-state index contributed by atoms with van der Waals surface area (Å²) >= 11 is 0. The highest BCUT2D eigenvalue weighted by atomic mass is 16.7. The minimum atomic E-state index is 0.0929. The smallest absolute Gasteiger partial charge is 0.231 e. The van der Waals surface area contributed by atoms with E-state index in [-0.39, 0.29) is 24.5 Å². The van der Waals surface area contributed by atoms with Crippen molar-refractivity contribution in [3.63, 3.8) is 0 Å². The van der Waals surface area contributed by atoms with Gasteiger partial charge in [0.2, 0.25) is 18.6 Å². The summed E-state index contributed by atoms with van der Waals surface area (Å²) < 4.78 is 10.7. The highest BCUT2D eigenvalue weighted by Crippen LogP contribution is 2.37. The average Bonchev–Trinajstić information content (AvgIpc) is 3.31. The number of hydrogen-bond acceptors (Lipinski definition) is 4. The quantitative estimate of drug-likeness (QED) is 0.832. The molecule has 1 atom stereocenters. The molecule has 1 aromatic carbocycles. The summed E-state index contributed by atoms with van der Waals surface area (Å²) in [4.78, 5) is 26.3. The van der Waals surface area contributed by atoms with Crippen LogP contribution in [0.5, 0.6) is 11.5 Å². The van der Waals surface area contributed by atoms with Gasteiger partial charge in [-0.2, -0.15) is 0 Å². The molecule has 6 nitrogen and oxygen atoms in total. The Balaban J connectivity index is 1.23. The lowest BCUT2D eigenvalue weighted by atomic mass is 9.86. The topological polar surface area (TPSA) is 67.9 Å². The van der Waals surface area contributed by atoms with Crippen LogP contribution in [0, 0.1) is 11.8 Å². The molecule has 1 unspecified atom stereocenters. The molecule has 2 fully saturated rings. The number of hydrogen-bond donors (Lipinski definition) is 1. The molecule has 2 aliphatic heterocycles. The second kappa shape index (κ2) is 8.19. The van der Waals surface area contributed by atoms with Gasteiger partial charge in [0.25, 0.3) is 0 Å². The van der Waals surface area contributed by atoms with E-state index < -0.39 is 0 Å². The first-order valence-corrected chi connectivity index (χ1v) is 10.2. The van der Waals surface area contributed by atoms with Gasteiger partial charge in [0, 0.05) is 43.6 Å². The molecule has 3 aliphatic rings. The van der Waals surface area contributed by atoms with E-state index in [0.29, 0.717) is 37.4 Å². The third-order valence-electron chi connectivity index (χ3n) is 5.97. The number of anilines is 1. The van der Waals surface area contributed by atoms with Gasteiger partial charge in [-0.25, -0.2) is 0 Å². The van der Waals surface area contributed by atoms with Crippen molar-refractivity contribution in [2.24, 2.45) is 11.8 Å². The largest absolute Gasteiger partial charge is 0.454 e. The second-order valence-corrected chi connectivity index (χ2v) is 7.96. The highest BCUT2D eigenvalue weighted by Gasteiger charge is 2.31. The number of ether oxygens (including phenoxy) is 2. The summed E-state index contributed by atoms with van der Waals surface area (Å²) in [5.41, 5.74) is 0.829. The van der Waals surface area contributed by atoms with E-state index in [1.807, 2.05) is 18.2 Å². The molecule has 0 aromatic heterocycles. The van der Waals surface area contributed by atoms with E-state index in [1.165, 1.54) is 32.1 Å². The zero-order valence-corrected chi connectivity index (χ0v) is 15.7. The number of nitrogens with one attached hydrogen (secondary N) is 1.